The molecule has 2 N–H and O–H groups in total. The van der Waals surface area contributed by atoms with Crippen LogP contribution in [0.2, 0.25) is 0 Å². The summed E-state index contributed by atoms with van der Waals surface area (Å²) in [6, 6.07) is 10.5. The van der Waals surface area contributed by atoms with Crippen LogP contribution >= 0.6 is 0 Å². The third-order valence-electron chi connectivity index (χ3n) is 5.24. The first kappa shape index (κ1) is 13.6. The van der Waals surface area contributed by atoms with Gasteiger partial charge >= 0.3 is 0 Å². The van der Waals surface area contributed by atoms with Crippen molar-refractivity contribution in [2.45, 2.75) is 32.1 Å². The number of likely N-dealkylation sites (tertiary alicyclic amines) is 1. The van der Waals surface area contributed by atoms with Gasteiger partial charge in [-0.15, -0.1) is 0 Å². The van der Waals surface area contributed by atoms with Crippen molar-refractivity contribution in [3.63, 3.8) is 0 Å². The molecule has 1 amide bonds. The van der Waals surface area contributed by atoms with Crippen molar-refractivity contribution in [2.24, 2.45) is 17.1 Å². The molecule has 3 nitrogen and oxygen atoms in total. The summed E-state index contributed by atoms with van der Waals surface area (Å²) in [7, 11) is 0. The van der Waals surface area contributed by atoms with Crippen LogP contribution in [0, 0.1) is 11.3 Å². The molecule has 0 radical (unpaired) electrons. The summed E-state index contributed by atoms with van der Waals surface area (Å²) in [5.41, 5.74) is 7.24. The lowest BCUT2D eigenvalue weighted by Crippen LogP contribution is -2.36. The van der Waals surface area contributed by atoms with E-state index in [9.17, 15) is 4.79 Å². The van der Waals surface area contributed by atoms with Crippen molar-refractivity contribution in [1.82, 2.24) is 4.90 Å². The maximum atomic E-state index is 12.7. The molecule has 2 fully saturated rings. The number of amides is 1. The van der Waals surface area contributed by atoms with Crippen molar-refractivity contribution < 1.29 is 4.79 Å². The van der Waals surface area contributed by atoms with Crippen molar-refractivity contribution in [2.75, 3.05) is 19.6 Å². The minimum Gasteiger partial charge on any atom is -0.341 e. The Morgan fingerprint density at radius 3 is 2.55 bits per heavy atom. The number of nitrogens with zero attached hydrogens (tertiary/aromatic N) is 1. The lowest BCUT2D eigenvalue weighted by molar-refractivity contribution is -0.136. The van der Waals surface area contributed by atoms with Gasteiger partial charge in [-0.1, -0.05) is 37.3 Å². The Hall–Kier alpha value is -1.35. The summed E-state index contributed by atoms with van der Waals surface area (Å²) in [5.74, 6) is 1.17. The molecule has 20 heavy (non-hydrogen) atoms. The van der Waals surface area contributed by atoms with Gasteiger partial charge in [-0.3, -0.25) is 4.79 Å². The van der Waals surface area contributed by atoms with Crippen LogP contribution < -0.4 is 5.73 Å². The van der Waals surface area contributed by atoms with E-state index in [0.29, 0.717) is 24.3 Å². The molecule has 2 aliphatic rings. The fourth-order valence-electron chi connectivity index (χ4n) is 3.56. The number of nitrogens with two attached hydrogens (primary N) is 1. The number of hydrogen-bond donors (Lipinski definition) is 1. The van der Waals surface area contributed by atoms with Crippen LogP contribution in [-0.4, -0.2) is 30.4 Å². The summed E-state index contributed by atoms with van der Waals surface area (Å²) in [5, 5.41) is 0. The molecule has 0 bridgehead atoms. The van der Waals surface area contributed by atoms with Crippen LogP contribution in [0.25, 0.3) is 0 Å². The maximum Gasteiger partial charge on any atom is 0.228 e. The fourth-order valence-corrected chi connectivity index (χ4v) is 3.56. The van der Waals surface area contributed by atoms with Crippen LogP contribution in [0.3, 0.4) is 0 Å². The molecular weight excluding hydrogens is 248 g/mol. The normalized spacial score (nSPS) is 27.6. The molecule has 3 heteroatoms. The second kappa shape index (κ2) is 5.21. The lowest BCUT2D eigenvalue weighted by atomic mass is 9.89. The highest BCUT2D eigenvalue weighted by molar-refractivity contribution is 5.85. The molecule has 1 aromatic carbocycles. The highest BCUT2D eigenvalue weighted by atomic mass is 16.2. The molecule has 0 aromatic heterocycles. The standard InChI is InChI=1S/C17H24N2O/c1-2-17(8-9-17)16(20)19-11-14(10-18)15(12-19)13-6-4-3-5-7-13/h3-7,14-15H,2,8-12,18H2,1H3/t14-,15+/m1/s1. The molecule has 1 aliphatic heterocycles. The second-order valence-corrected chi connectivity index (χ2v) is 6.36. The van der Waals surface area contributed by atoms with E-state index < -0.39 is 0 Å². The van der Waals surface area contributed by atoms with Crippen LogP contribution in [-0.2, 0) is 4.79 Å². The summed E-state index contributed by atoms with van der Waals surface area (Å²) < 4.78 is 0. The minimum absolute atomic E-state index is 0.0231. The van der Waals surface area contributed by atoms with Gasteiger partial charge in [-0.2, -0.15) is 0 Å². The van der Waals surface area contributed by atoms with Gasteiger partial charge in [-0.05, 0) is 37.3 Å². The van der Waals surface area contributed by atoms with Crippen molar-refractivity contribution in [3.05, 3.63) is 35.9 Å². The van der Waals surface area contributed by atoms with Gasteiger partial charge < -0.3 is 10.6 Å². The van der Waals surface area contributed by atoms with E-state index >= 15 is 0 Å². The Labute approximate surface area is 121 Å². The Morgan fingerprint density at radius 1 is 1.30 bits per heavy atom. The van der Waals surface area contributed by atoms with Crippen molar-refractivity contribution in [1.29, 1.82) is 0 Å². The molecule has 1 saturated carbocycles. The topological polar surface area (TPSA) is 46.3 Å². The largest absolute Gasteiger partial charge is 0.341 e. The highest BCUT2D eigenvalue weighted by Gasteiger charge is 2.51. The van der Waals surface area contributed by atoms with Gasteiger partial charge in [0.25, 0.3) is 0 Å². The first-order valence-corrected chi connectivity index (χ1v) is 7.74. The zero-order valence-corrected chi connectivity index (χ0v) is 12.2. The molecule has 0 spiro atoms. The van der Waals surface area contributed by atoms with E-state index in [1.807, 2.05) is 6.07 Å². The van der Waals surface area contributed by atoms with Gasteiger partial charge in [0, 0.05) is 24.4 Å². The van der Waals surface area contributed by atoms with Gasteiger partial charge in [0.2, 0.25) is 5.91 Å². The first-order chi connectivity index (χ1) is 9.70. The van der Waals surface area contributed by atoms with Crippen LogP contribution in [0.5, 0.6) is 0 Å². The van der Waals surface area contributed by atoms with Crippen molar-refractivity contribution in [3.8, 4) is 0 Å². The average Bonchev–Trinajstić information content (AvgIpc) is 3.19. The minimum atomic E-state index is -0.0231. The maximum absolute atomic E-state index is 12.7. The molecule has 1 aliphatic carbocycles. The number of hydrogen-bond acceptors (Lipinski definition) is 2. The van der Waals surface area contributed by atoms with Crippen LogP contribution in [0.1, 0.15) is 37.7 Å². The van der Waals surface area contributed by atoms with E-state index in [2.05, 4.69) is 36.1 Å². The molecule has 1 aromatic rings. The van der Waals surface area contributed by atoms with Crippen molar-refractivity contribution >= 4 is 5.91 Å². The molecule has 0 unspecified atom stereocenters. The quantitative estimate of drug-likeness (QED) is 0.914. The second-order valence-electron chi connectivity index (χ2n) is 6.36. The van der Waals surface area contributed by atoms with E-state index in [0.717, 1.165) is 32.4 Å². The third-order valence-corrected chi connectivity index (χ3v) is 5.24. The Balaban J connectivity index is 1.76. The zero-order valence-electron chi connectivity index (χ0n) is 12.2. The summed E-state index contributed by atoms with van der Waals surface area (Å²) >= 11 is 0. The molecular formula is C17H24N2O. The monoisotopic (exact) mass is 272 g/mol. The predicted octanol–water partition coefficient (Wildman–Crippen LogP) is 2.38. The molecule has 108 valence electrons. The number of rotatable bonds is 4. The van der Waals surface area contributed by atoms with E-state index in [1.54, 1.807) is 0 Å². The average molecular weight is 272 g/mol. The third kappa shape index (κ3) is 2.24. The smallest absolute Gasteiger partial charge is 0.228 e. The summed E-state index contributed by atoms with van der Waals surface area (Å²) in [4.78, 5) is 14.8. The van der Waals surface area contributed by atoms with Crippen LogP contribution in [0.15, 0.2) is 30.3 Å². The number of carbonyl (C=O) groups excluding carboxylic acids is 1. The van der Waals surface area contributed by atoms with Gasteiger partial charge in [0.15, 0.2) is 0 Å². The van der Waals surface area contributed by atoms with E-state index in [4.69, 9.17) is 5.73 Å². The SMILES string of the molecule is CCC1(C(=O)N2C[C@@H](CN)[C@H](c3ccccc3)C2)CC1. The molecule has 1 saturated heterocycles. The molecule has 2 atom stereocenters. The van der Waals surface area contributed by atoms with E-state index in [1.165, 1.54) is 5.56 Å². The predicted molar refractivity (Wildman–Crippen MR) is 80.3 cm³/mol. The zero-order chi connectivity index (χ0) is 14.2. The number of carbonyl (C=O) groups is 1. The lowest BCUT2D eigenvalue weighted by Gasteiger charge is -2.22. The highest BCUT2D eigenvalue weighted by Crippen LogP contribution is 2.51. The van der Waals surface area contributed by atoms with Crippen LogP contribution in [0.4, 0.5) is 0 Å². The Kier molecular flexibility index (Phi) is 3.55. The molecule has 3 rings (SSSR count). The van der Waals surface area contributed by atoms with Gasteiger partial charge in [0.1, 0.15) is 0 Å². The Morgan fingerprint density at radius 2 is 2.00 bits per heavy atom. The fraction of sp³-hybridized carbons (Fsp3) is 0.588. The summed E-state index contributed by atoms with van der Waals surface area (Å²) in [6.07, 6.45) is 3.12. The summed E-state index contributed by atoms with van der Waals surface area (Å²) in [6.45, 7) is 4.46. The van der Waals surface area contributed by atoms with Gasteiger partial charge in [-0.25, -0.2) is 0 Å². The van der Waals surface area contributed by atoms with E-state index in [-0.39, 0.29) is 5.41 Å². The molecule has 1 heterocycles. The first-order valence-electron chi connectivity index (χ1n) is 7.74. The number of benzene rings is 1. The Bertz CT molecular complexity index is 481. The van der Waals surface area contributed by atoms with Gasteiger partial charge in [0.05, 0.1) is 0 Å².